The van der Waals surface area contributed by atoms with E-state index in [2.05, 4.69) is 12.2 Å². The summed E-state index contributed by atoms with van der Waals surface area (Å²) < 4.78 is 0. The highest BCUT2D eigenvalue weighted by Gasteiger charge is 2.59. The molecule has 28 heavy (non-hydrogen) atoms. The predicted molar refractivity (Wildman–Crippen MR) is 98.3 cm³/mol. The van der Waals surface area contributed by atoms with Crippen LogP contribution in [0.1, 0.15) is 29.6 Å². The number of carboxylic acids is 1. The Balaban J connectivity index is 1.37. The minimum absolute atomic E-state index is 0.153. The zero-order chi connectivity index (χ0) is 19.6. The highest BCUT2D eigenvalue weighted by Crippen LogP contribution is 2.53. The van der Waals surface area contributed by atoms with E-state index >= 15 is 0 Å². The van der Waals surface area contributed by atoms with Gasteiger partial charge in [-0.05, 0) is 55.4 Å². The van der Waals surface area contributed by atoms with Crippen molar-refractivity contribution < 1.29 is 24.3 Å². The molecule has 2 bridgehead atoms. The minimum atomic E-state index is -0.995. The Hall–Kier alpha value is -2.96. The van der Waals surface area contributed by atoms with Crippen molar-refractivity contribution in [3.8, 4) is 0 Å². The van der Waals surface area contributed by atoms with Crippen LogP contribution >= 0.6 is 0 Å². The molecule has 0 unspecified atom stereocenters. The van der Waals surface area contributed by atoms with Gasteiger partial charge in [0.1, 0.15) is 6.04 Å². The van der Waals surface area contributed by atoms with Crippen molar-refractivity contribution in [3.63, 3.8) is 0 Å². The van der Waals surface area contributed by atoms with Crippen molar-refractivity contribution in [2.24, 2.45) is 23.7 Å². The fourth-order valence-electron chi connectivity index (χ4n) is 5.34. The number of carboxylic acid groups (broad SMARTS) is 1. The van der Waals surface area contributed by atoms with Gasteiger partial charge in [0.05, 0.1) is 17.5 Å². The number of amides is 3. The SMILES string of the molecule is O=C(O)[C@@H]1CCCN1C(=O)c1ccc(N2C(=O)[C@@H]3[C@H](C2=O)[C@H]2C=C[C@H]3C2)cc1. The molecule has 1 aromatic rings. The maximum Gasteiger partial charge on any atom is 0.326 e. The summed E-state index contributed by atoms with van der Waals surface area (Å²) in [6.07, 6.45) is 6.11. The first-order valence-electron chi connectivity index (χ1n) is 9.67. The van der Waals surface area contributed by atoms with E-state index in [0.717, 1.165) is 6.42 Å². The largest absolute Gasteiger partial charge is 0.480 e. The van der Waals surface area contributed by atoms with E-state index in [4.69, 9.17) is 0 Å². The summed E-state index contributed by atoms with van der Waals surface area (Å²) >= 11 is 0. The van der Waals surface area contributed by atoms with Crippen LogP contribution in [-0.4, -0.2) is 46.3 Å². The number of nitrogens with zero attached hydrogens (tertiary/aromatic N) is 2. The smallest absolute Gasteiger partial charge is 0.326 e. The Bertz CT molecular complexity index is 891. The first kappa shape index (κ1) is 17.2. The quantitative estimate of drug-likeness (QED) is 0.636. The van der Waals surface area contributed by atoms with Gasteiger partial charge in [0.25, 0.3) is 5.91 Å². The van der Waals surface area contributed by atoms with Gasteiger partial charge >= 0.3 is 5.97 Å². The van der Waals surface area contributed by atoms with E-state index in [1.54, 1.807) is 24.3 Å². The van der Waals surface area contributed by atoms with Crippen molar-refractivity contribution in [2.45, 2.75) is 25.3 Å². The first-order chi connectivity index (χ1) is 13.5. The molecule has 2 aliphatic carbocycles. The van der Waals surface area contributed by atoms with Crippen LogP contribution in [0.15, 0.2) is 36.4 Å². The summed E-state index contributed by atoms with van der Waals surface area (Å²) in [7, 11) is 0. The molecule has 5 rings (SSSR count). The topological polar surface area (TPSA) is 95.0 Å². The second-order valence-corrected chi connectivity index (χ2v) is 8.05. The Morgan fingerprint density at radius 1 is 0.964 bits per heavy atom. The number of aliphatic carboxylic acids is 1. The van der Waals surface area contributed by atoms with Crippen LogP contribution < -0.4 is 4.90 Å². The van der Waals surface area contributed by atoms with Crippen molar-refractivity contribution in [1.82, 2.24) is 4.90 Å². The van der Waals surface area contributed by atoms with Gasteiger partial charge in [-0.15, -0.1) is 0 Å². The number of imide groups is 1. The van der Waals surface area contributed by atoms with Gasteiger partial charge in [-0.1, -0.05) is 12.2 Å². The number of carbonyl (C=O) groups excluding carboxylic acids is 3. The number of carbonyl (C=O) groups is 4. The number of allylic oxidation sites excluding steroid dienone is 2. The lowest BCUT2D eigenvalue weighted by Crippen LogP contribution is -2.40. The average molecular weight is 380 g/mol. The van der Waals surface area contributed by atoms with E-state index in [1.165, 1.54) is 9.80 Å². The normalized spacial score (nSPS) is 33.1. The molecule has 3 amide bonds. The lowest BCUT2D eigenvalue weighted by molar-refractivity contribution is -0.141. The molecule has 0 spiro atoms. The number of fused-ring (bicyclic) bond motifs is 5. The summed E-state index contributed by atoms with van der Waals surface area (Å²) in [5, 5.41) is 9.27. The summed E-state index contributed by atoms with van der Waals surface area (Å²) in [5.74, 6) is -1.86. The van der Waals surface area contributed by atoms with Crippen molar-refractivity contribution in [2.75, 3.05) is 11.4 Å². The molecule has 144 valence electrons. The molecule has 0 radical (unpaired) electrons. The number of hydrogen-bond acceptors (Lipinski definition) is 4. The molecule has 2 saturated heterocycles. The van der Waals surface area contributed by atoms with E-state index in [-0.39, 0.29) is 41.4 Å². The maximum atomic E-state index is 12.9. The fourth-order valence-corrected chi connectivity index (χ4v) is 5.34. The van der Waals surface area contributed by atoms with E-state index in [1.807, 2.05) is 0 Å². The van der Waals surface area contributed by atoms with Gasteiger partial charge < -0.3 is 10.0 Å². The second-order valence-electron chi connectivity index (χ2n) is 8.05. The standard InChI is InChI=1S/C21H20N2O5/c24-18(22-9-1-2-15(22)21(27)28)11-5-7-14(8-6-11)23-19(25)16-12-3-4-13(10-12)17(16)20(23)26/h3-8,12-13,15-17H,1-2,9-10H2,(H,27,28)/t12-,13-,15-,16-,17+/m0/s1. The number of anilines is 1. The van der Waals surface area contributed by atoms with E-state index in [9.17, 15) is 24.3 Å². The van der Waals surface area contributed by atoms with Crippen LogP contribution in [0.25, 0.3) is 0 Å². The van der Waals surface area contributed by atoms with Gasteiger partial charge in [0.2, 0.25) is 11.8 Å². The molecule has 3 fully saturated rings. The molecule has 1 N–H and O–H groups in total. The van der Waals surface area contributed by atoms with Crippen molar-refractivity contribution in [1.29, 1.82) is 0 Å². The molecular weight excluding hydrogens is 360 g/mol. The van der Waals surface area contributed by atoms with Gasteiger partial charge in [0, 0.05) is 12.1 Å². The van der Waals surface area contributed by atoms with Gasteiger partial charge in [-0.3, -0.25) is 19.3 Å². The molecular formula is C21H20N2O5. The molecule has 1 aromatic carbocycles. The third-order valence-electron chi connectivity index (χ3n) is 6.64. The van der Waals surface area contributed by atoms with Crippen LogP contribution in [0.2, 0.25) is 0 Å². The predicted octanol–water partition coefficient (Wildman–Crippen LogP) is 1.69. The summed E-state index contributed by atoms with van der Waals surface area (Å²) in [4.78, 5) is 52.4. The number of rotatable bonds is 3. The first-order valence-corrected chi connectivity index (χ1v) is 9.67. The third-order valence-corrected chi connectivity index (χ3v) is 6.64. The van der Waals surface area contributed by atoms with Crippen LogP contribution in [0.4, 0.5) is 5.69 Å². The Labute approximate surface area is 161 Å². The van der Waals surface area contributed by atoms with E-state index < -0.39 is 12.0 Å². The summed E-state index contributed by atoms with van der Waals surface area (Å²) in [6.45, 7) is 0.416. The number of benzene rings is 1. The Morgan fingerprint density at radius 3 is 2.14 bits per heavy atom. The third kappa shape index (κ3) is 2.28. The molecule has 7 nitrogen and oxygen atoms in total. The molecule has 0 aromatic heterocycles. The number of likely N-dealkylation sites (tertiary alicyclic amines) is 1. The van der Waals surface area contributed by atoms with Gasteiger partial charge in [-0.2, -0.15) is 0 Å². The maximum absolute atomic E-state index is 12.9. The summed E-state index contributed by atoms with van der Waals surface area (Å²) in [6, 6.07) is 5.54. The molecule has 2 heterocycles. The average Bonchev–Trinajstić information content (AvgIpc) is 3.45. The van der Waals surface area contributed by atoms with Crippen molar-refractivity contribution in [3.05, 3.63) is 42.0 Å². The molecule has 1 saturated carbocycles. The number of hydrogen-bond donors (Lipinski definition) is 1. The van der Waals surface area contributed by atoms with Crippen LogP contribution in [0.3, 0.4) is 0 Å². The monoisotopic (exact) mass is 380 g/mol. The minimum Gasteiger partial charge on any atom is -0.480 e. The molecule has 2 aliphatic heterocycles. The Kier molecular flexibility index (Phi) is 3.69. The van der Waals surface area contributed by atoms with Crippen LogP contribution in [0, 0.1) is 23.7 Å². The summed E-state index contributed by atoms with van der Waals surface area (Å²) in [5.41, 5.74) is 0.828. The van der Waals surface area contributed by atoms with Gasteiger partial charge in [-0.25, -0.2) is 4.79 Å². The zero-order valence-electron chi connectivity index (χ0n) is 15.2. The van der Waals surface area contributed by atoms with Crippen molar-refractivity contribution >= 4 is 29.4 Å². The second kappa shape index (κ2) is 6.02. The lowest BCUT2D eigenvalue weighted by atomic mass is 9.85. The van der Waals surface area contributed by atoms with Crippen LogP contribution in [-0.2, 0) is 14.4 Å². The van der Waals surface area contributed by atoms with Crippen LogP contribution in [0.5, 0.6) is 0 Å². The highest BCUT2D eigenvalue weighted by molar-refractivity contribution is 6.22. The lowest BCUT2D eigenvalue weighted by Gasteiger charge is -2.22. The molecule has 4 aliphatic rings. The van der Waals surface area contributed by atoms with Gasteiger partial charge in [0.15, 0.2) is 0 Å². The Morgan fingerprint density at radius 2 is 1.57 bits per heavy atom. The molecule has 7 heteroatoms. The highest BCUT2D eigenvalue weighted by atomic mass is 16.4. The zero-order valence-corrected chi connectivity index (χ0v) is 15.2. The molecule has 5 atom stereocenters. The fraction of sp³-hybridized carbons (Fsp3) is 0.429. The van der Waals surface area contributed by atoms with E-state index in [0.29, 0.717) is 30.6 Å².